The van der Waals surface area contributed by atoms with Gasteiger partial charge in [0.25, 0.3) is 0 Å². The SMILES string of the molecule is Cn1cc(S(=O)(=O)N2C[C@H]3CCC[C@@H]3C2)cc1C(=O)O. The first-order valence-electron chi connectivity index (χ1n) is 6.79. The number of hydrogen-bond acceptors (Lipinski definition) is 3. The molecule has 1 aromatic rings. The molecule has 6 nitrogen and oxygen atoms in total. The molecule has 0 aromatic carbocycles. The van der Waals surface area contributed by atoms with Gasteiger partial charge in [0.2, 0.25) is 10.0 Å². The number of nitrogens with zero attached hydrogens (tertiary/aromatic N) is 2. The van der Waals surface area contributed by atoms with Gasteiger partial charge in [-0.05, 0) is 30.7 Å². The van der Waals surface area contributed by atoms with E-state index in [-0.39, 0.29) is 10.6 Å². The zero-order valence-corrected chi connectivity index (χ0v) is 12.1. The second-order valence-electron chi connectivity index (χ2n) is 5.75. The minimum absolute atomic E-state index is 0.0111. The molecule has 2 atom stereocenters. The number of hydrogen-bond donors (Lipinski definition) is 1. The molecule has 110 valence electrons. The van der Waals surface area contributed by atoms with E-state index in [0.29, 0.717) is 24.9 Å². The number of sulfonamides is 1. The molecule has 20 heavy (non-hydrogen) atoms. The minimum atomic E-state index is -3.57. The van der Waals surface area contributed by atoms with Crippen LogP contribution in [0.1, 0.15) is 29.8 Å². The van der Waals surface area contributed by atoms with Crippen molar-refractivity contribution in [2.75, 3.05) is 13.1 Å². The van der Waals surface area contributed by atoms with Gasteiger partial charge in [-0.1, -0.05) is 6.42 Å². The Labute approximate surface area is 118 Å². The van der Waals surface area contributed by atoms with Crippen molar-refractivity contribution in [3.8, 4) is 0 Å². The van der Waals surface area contributed by atoms with E-state index in [1.807, 2.05) is 0 Å². The molecular weight excluding hydrogens is 280 g/mol. The van der Waals surface area contributed by atoms with Gasteiger partial charge in [-0.25, -0.2) is 13.2 Å². The topological polar surface area (TPSA) is 79.6 Å². The van der Waals surface area contributed by atoms with E-state index < -0.39 is 16.0 Å². The number of carboxylic acid groups (broad SMARTS) is 1. The normalized spacial score (nSPS) is 26.9. The maximum Gasteiger partial charge on any atom is 0.352 e. The number of aromatic carboxylic acids is 1. The molecule has 1 aliphatic carbocycles. The van der Waals surface area contributed by atoms with Gasteiger partial charge in [0.15, 0.2) is 0 Å². The fourth-order valence-corrected chi connectivity index (χ4v) is 5.05. The van der Waals surface area contributed by atoms with E-state index in [0.717, 1.165) is 12.8 Å². The van der Waals surface area contributed by atoms with Crippen molar-refractivity contribution < 1.29 is 18.3 Å². The van der Waals surface area contributed by atoms with E-state index in [4.69, 9.17) is 5.11 Å². The molecule has 1 saturated carbocycles. The summed E-state index contributed by atoms with van der Waals surface area (Å²) in [5.41, 5.74) is -0.0111. The van der Waals surface area contributed by atoms with Crippen LogP contribution < -0.4 is 0 Å². The van der Waals surface area contributed by atoms with Crippen LogP contribution in [0.3, 0.4) is 0 Å². The number of carboxylic acids is 1. The highest BCUT2D eigenvalue weighted by Crippen LogP contribution is 2.39. The van der Waals surface area contributed by atoms with Crippen molar-refractivity contribution in [1.29, 1.82) is 0 Å². The van der Waals surface area contributed by atoms with Crippen LogP contribution >= 0.6 is 0 Å². The first-order valence-corrected chi connectivity index (χ1v) is 8.23. The van der Waals surface area contributed by atoms with E-state index in [9.17, 15) is 13.2 Å². The van der Waals surface area contributed by atoms with Crippen molar-refractivity contribution in [3.63, 3.8) is 0 Å². The smallest absolute Gasteiger partial charge is 0.352 e. The predicted molar refractivity (Wildman–Crippen MR) is 72.0 cm³/mol. The Kier molecular flexibility index (Phi) is 3.13. The van der Waals surface area contributed by atoms with Gasteiger partial charge < -0.3 is 9.67 Å². The number of fused-ring (bicyclic) bond motifs is 1. The molecule has 3 rings (SSSR count). The number of carbonyl (C=O) groups is 1. The van der Waals surface area contributed by atoms with Crippen LogP contribution in [-0.4, -0.2) is 41.5 Å². The Morgan fingerprint density at radius 2 is 1.90 bits per heavy atom. The van der Waals surface area contributed by atoms with Crippen LogP contribution in [0.4, 0.5) is 0 Å². The summed E-state index contributed by atoms with van der Waals surface area (Å²) in [5.74, 6) is -0.160. The summed E-state index contributed by atoms with van der Waals surface area (Å²) in [7, 11) is -2.02. The summed E-state index contributed by atoms with van der Waals surface area (Å²) in [6, 6.07) is 1.24. The zero-order chi connectivity index (χ0) is 14.5. The molecule has 2 fully saturated rings. The second kappa shape index (κ2) is 4.60. The molecule has 0 bridgehead atoms. The molecule has 1 N–H and O–H groups in total. The molecule has 0 radical (unpaired) electrons. The first-order chi connectivity index (χ1) is 9.39. The first kappa shape index (κ1) is 13.6. The highest BCUT2D eigenvalue weighted by atomic mass is 32.2. The summed E-state index contributed by atoms with van der Waals surface area (Å²) >= 11 is 0. The highest BCUT2D eigenvalue weighted by molar-refractivity contribution is 7.89. The summed E-state index contributed by atoms with van der Waals surface area (Å²) < 4.78 is 28.0. The second-order valence-corrected chi connectivity index (χ2v) is 7.69. The Hall–Kier alpha value is -1.34. The molecule has 7 heteroatoms. The monoisotopic (exact) mass is 298 g/mol. The van der Waals surface area contributed by atoms with E-state index in [1.165, 1.54) is 27.6 Å². The standard InChI is InChI=1S/C13H18N2O4S/c1-14-8-11(5-12(14)13(16)17)20(18,19)15-6-9-3-2-4-10(9)7-15/h5,8-10H,2-4,6-7H2,1H3,(H,16,17)/t9-,10-/m1/s1. The molecule has 1 saturated heterocycles. The Morgan fingerprint density at radius 3 is 2.40 bits per heavy atom. The van der Waals surface area contributed by atoms with Gasteiger partial charge in [-0.2, -0.15) is 4.31 Å². The van der Waals surface area contributed by atoms with Gasteiger partial charge in [0.05, 0.1) is 0 Å². The van der Waals surface area contributed by atoms with Crippen molar-refractivity contribution >= 4 is 16.0 Å². The Balaban J connectivity index is 1.89. The molecule has 2 aliphatic rings. The van der Waals surface area contributed by atoms with Crippen molar-refractivity contribution in [3.05, 3.63) is 18.0 Å². The summed E-state index contributed by atoms with van der Waals surface area (Å²) in [4.78, 5) is 11.1. The lowest BCUT2D eigenvalue weighted by atomic mass is 10.0. The third-order valence-corrected chi connectivity index (χ3v) is 6.33. The summed E-state index contributed by atoms with van der Waals surface area (Å²) in [6.07, 6.45) is 4.78. The third-order valence-electron chi connectivity index (χ3n) is 4.53. The number of aryl methyl sites for hydroxylation is 1. The molecule has 0 unspecified atom stereocenters. The molecule has 0 spiro atoms. The lowest BCUT2D eigenvalue weighted by molar-refractivity contribution is 0.0686. The Bertz CT molecular complexity index is 637. The van der Waals surface area contributed by atoms with Gasteiger partial charge >= 0.3 is 5.97 Å². The lowest BCUT2D eigenvalue weighted by Gasteiger charge is -2.16. The predicted octanol–water partition coefficient (Wildman–Crippen LogP) is 1.14. The summed E-state index contributed by atoms with van der Waals surface area (Å²) in [5, 5.41) is 9.01. The maximum atomic E-state index is 12.6. The van der Waals surface area contributed by atoms with Crippen molar-refractivity contribution in [2.45, 2.75) is 24.2 Å². The summed E-state index contributed by atoms with van der Waals surface area (Å²) in [6.45, 7) is 1.15. The van der Waals surface area contributed by atoms with E-state index >= 15 is 0 Å². The zero-order valence-electron chi connectivity index (χ0n) is 11.3. The van der Waals surface area contributed by atoms with Gasteiger partial charge in [-0.15, -0.1) is 0 Å². The van der Waals surface area contributed by atoms with Crippen LogP contribution in [0, 0.1) is 11.8 Å². The number of rotatable bonds is 3. The number of aromatic nitrogens is 1. The van der Waals surface area contributed by atoms with Gasteiger partial charge in [0.1, 0.15) is 10.6 Å². The van der Waals surface area contributed by atoms with E-state index in [2.05, 4.69) is 0 Å². The quantitative estimate of drug-likeness (QED) is 0.907. The maximum absolute atomic E-state index is 12.6. The average Bonchev–Trinajstić information content (AvgIpc) is 3.00. The fourth-order valence-electron chi connectivity index (χ4n) is 3.43. The van der Waals surface area contributed by atoms with Crippen LogP contribution in [0.25, 0.3) is 0 Å². The van der Waals surface area contributed by atoms with Gasteiger partial charge in [0, 0.05) is 26.3 Å². The van der Waals surface area contributed by atoms with E-state index in [1.54, 1.807) is 7.05 Å². The Morgan fingerprint density at radius 1 is 1.30 bits per heavy atom. The average molecular weight is 298 g/mol. The van der Waals surface area contributed by atoms with Gasteiger partial charge in [-0.3, -0.25) is 0 Å². The van der Waals surface area contributed by atoms with Crippen molar-refractivity contribution in [2.24, 2.45) is 18.9 Å². The van der Waals surface area contributed by atoms with Crippen LogP contribution in [-0.2, 0) is 17.1 Å². The third kappa shape index (κ3) is 2.05. The van der Waals surface area contributed by atoms with Crippen LogP contribution in [0.2, 0.25) is 0 Å². The highest BCUT2D eigenvalue weighted by Gasteiger charge is 2.41. The fraction of sp³-hybridized carbons (Fsp3) is 0.615. The molecular formula is C13H18N2O4S. The van der Waals surface area contributed by atoms with Crippen LogP contribution in [0.5, 0.6) is 0 Å². The largest absolute Gasteiger partial charge is 0.477 e. The molecule has 0 amide bonds. The molecule has 1 aromatic heterocycles. The van der Waals surface area contributed by atoms with Crippen LogP contribution in [0.15, 0.2) is 17.2 Å². The lowest BCUT2D eigenvalue weighted by Crippen LogP contribution is -2.29. The minimum Gasteiger partial charge on any atom is -0.477 e. The van der Waals surface area contributed by atoms with Crippen molar-refractivity contribution in [1.82, 2.24) is 8.87 Å². The molecule has 2 heterocycles. The molecule has 1 aliphatic heterocycles.